The quantitative estimate of drug-likeness (QED) is 0.359. The Hall–Kier alpha value is -4.12. The van der Waals surface area contributed by atoms with E-state index in [-0.39, 0.29) is 5.03 Å². The topological polar surface area (TPSA) is 123 Å². The number of benzene rings is 2. The van der Waals surface area contributed by atoms with E-state index in [4.69, 9.17) is 4.74 Å². The summed E-state index contributed by atoms with van der Waals surface area (Å²) < 4.78 is 34.1. The van der Waals surface area contributed by atoms with E-state index in [0.29, 0.717) is 23.1 Å². The van der Waals surface area contributed by atoms with Crippen molar-refractivity contribution in [2.45, 2.75) is 11.9 Å². The van der Waals surface area contributed by atoms with E-state index >= 15 is 0 Å². The molecule has 0 saturated carbocycles. The third kappa shape index (κ3) is 5.57. The molecule has 0 unspecified atom stereocenters. The number of anilines is 5. The maximum absolute atomic E-state index is 12.4. The predicted molar refractivity (Wildman–Crippen MR) is 127 cm³/mol. The number of nitrogens with one attached hydrogen (secondary N) is 3. The molecule has 0 aliphatic heterocycles. The Labute approximate surface area is 191 Å². The lowest BCUT2D eigenvalue weighted by Crippen LogP contribution is -2.13. The smallest absolute Gasteiger partial charge is 0.280 e. The van der Waals surface area contributed by atoms with Crippen LogP contribution in [0.1, 0.15) is 5.69 Å². The summed E-state index contributed by atoms with van der Waals surface area (Å²) in [6, 6.07) is 16.1. The van der Waals surface area contributed by atoms with Crippen LogP contribution in [0.25, 0.3) is 0 Å². The van der Waals surface area contributed by atoms with Crippen molar-refractivity contribution in [2.24, 2.45) is 7.05 Å². The lowest BCUT2D eigenvalue weighted by atomic mass is 10.3. The highest BCUT2D eigenvalue weighted by molar-refractivity contribution is 7.92. The maximum Gasteiger partial charge on any atom is 0.280 e. The molecule has 0 atom stereocenters. The minimum Gasteiger partial charge on any atom is -0.497 e. The zero-order chi connectivity index (χ0) is 23.4. The Balaban J connectivity index is 1.45. The van der Waals surface area contributed by atoms with Crippen molar-refractivity contribution in [2.75, 3.05) is 22.5 Å². The van der Waals surface area contributed by atoms with Crippen molar-refractivity contribution < 1.29 is 13.2 Å². The minimum atomic E-state index is -3.75. The number of methoxy groups -OCH3 is 1. The van der Waals surface area contributed by atoms with Crippen LogP contribution in [0.2, 0.25) is 0 Å². The number of sulfonamides is 1. The summed E-state index contributed by atoms with van der Waals surface area (Å²) in [5.74, 6) is 1.82. The number of imidazole rings is 1. The minimum absolute atomic E-state index is 0.0442. The molecule has 11 heteroatoms. The van der Waals surface area contributed by atoms with Crippen LogP contribution >= 0.6 is 0 Å². The summed E-state index contributed by atoms with van der Waals surface area (Å²) in [5.41, 5.74) is 2.77. The molecule has 0 aliphatic rings. The van der Waals surface area contributed by atoms with Crippen molar-refractivity contribution in [3.05, 3.63) is 72.8 Å². The van der Waals surface area contributed by atoms with Crippen molar-refractivity contribution in [1.29, 1.82) is 0 Å². The van der Waals surface area contributed by atoms with Gasteiger partial charge in [-0.15, -0.1) is 0 Å². The average molecular weight is 466 g/mol. The van der Waals surface area contributed by atoms with Gasteiger partial charge in [0.2, 0.25) is 5.95 Å². The highest BCUT2D eigenvalue weighted by Gasteiger charge is 2.17. The summed E-state index contributed by atoms with van der Waals surface area (Å²) in [6.07, 6.45) is 2.87. The fourth-order valence-corrected chi connectivity index (χ4v) is 4.04. The molecule has 4 aromatic rings. The number of hydrogen-bond acceptors (Lipinski definition) is 8. The molecule has 170 valence electrons. The van der Waals surface area contributed by atoms with E-state index in [0.717, 1.165) is 17.1 Å². The number of hydrogen-bond donors (Lipinski definition) is 3. The Morgan fingerprint density at radius 2 is 1.55 bits per heavy atom. The number of nitrogens with zero attached hydrogens (tertiary/aromatic N) is 4. The number of aryl methyl sites for hydroxylation is 2. The molecule has 0 amide bonds. The second-order valence-electron chi connectivity index (χ2n) is 7.26. The monoisotopic (exact) mass is 465 g/mol. The molecule has 4 rings (SSSR count). The molecule has 0 spiro atoms. The first-order valence-corrected chi connectivity index (χ1v) is 11.4. The van der Waals surface area contributed by atoms with Crippen molar-refractivity contribution in [1.82, 2.24) is 19.5 Å². The number of rotatable bonds is 8. The van der Waals surface area contributed by atoms with Crippen molar-refractivity contribution in [3.8, 4) is 5.75 Å². The van der Waals surface area contributed by atoms with Crippen molar-refractivity contribution >= 4 is 38.9 Å². The van der Waals surface area contributed by atoms with E-state index in [1.807, 2.05) is 37.3 Å². The number of aromatic nitrogens is 4. The van der Waals surface area contributed by atoms with Crippen LogP contribution in [0.3, 0.4) is 0 Å². The zero-order valence-electron chi connectivity index (χ0n) is 18.3. The van der Waals surface area contributed by atoms with Crippen LogP contribution in [-0.4, -0.2) is 35.0 Å². The first-order valence-electron chi connectivity index (χ1n) is 9.95. The van der Waals surface area contributed by atoms with Crippen LogP contribution in [0, 0.1) is 6.92 Å². The molecule has 0 radical (unpaired) electrons. The van der Waals surface area contributed by atoms with E-state index in [2.05, 4.69) is 30.3 Å². The molecule has 2 aromatic carbocycles. The molecule has 0 aliphatic carbocycles. The largest absolute Gasteiger partial charge is 0.497 e. The van der Waals surface area contributed by atoms with Crippen LogP contribution in [0.4, 0.5) is 28.8 Å². The molecular formula is C22H23N7O3S. The normalized spacial score (nSPS) is 11.1. The Morgan fingerprint density at radius 3 is 2.18 bits per heavy atom. The van der Waals surface area contributed by atoms with Gasteiger partial charge >= 0.3 is 0 Å². The van der Waals surface area contributed by atoms with E-state index in [1.54, 1.807) is 43.0 Å². The molecule has 10 nitrogen and oxygen atoms in total. The first kappa shape index (κ1) is 22.1. The van der Waals surface area contributed by atoms with Gasteiger partial charge in [-0.3, -0.25) is 4.72 Å². The predicted octanol–water partition coefficient (Wildman–Crippen LogP) is 3.82. The van der Waals surface area contributed by atoms with Gasteiger partial charge in [-0.2, -0.15) is 13.4 Å². The molecule has 2 heterocycles. The van der Waals surface area contributed by atoms with E-state index in [1.165, 1.54) is 12.5 Å². The summed E-state index contributed by atoms with van der Waals surface area (Å²) in [4.78, 5) is 12.8. The van der Waals surface area contributed by atoms with Gasteiger partial charge in [-0.05, 0) is 55.5 Å². The first-order chi connectivity index (χ1) is 15.8. The lowest BCUT2D eigenvalue weighted by molar-refractivity contribution is 0.415. The second-order valence-corrected chi connectivity index (χ2v) is 8.89. The summed E-state index contributed by atoms with van der Waals surface area (Å²) in [6.45, 7) is 1.88. The maximum atomic E-state index is 12.4. The molecule has 2 aromatic heterocycles. The van der Waals surface area contributed by atoms with Gasteiger partial charge in [0, 0.05) is 42.1 Å². The van der Waals surface area contributed by atoms with Gasteiger partial charge < -0.3 is 19.9 Å². The van der Waals surface area contributed by atoms with Gasteiger partial charge in [0.05, 0.1) is 13.4 Å². The van der Waals surface area contributed by atoms with Crippen LogP contribution in [0.15, 0.2) is 72.1 Å². The fraction of sp³-hybridized carbons (Fsp3) is 0.136. The van der Waals surface area contributed by atoms with Crippen LogP contribution in [0.5, 0.6) is 5.75 Å². The summed E-state index contributed by atoms with van der Waals surface area (Å²) in [5, 5.41) is 6.34. The number of ether oxygens (including phenoxy) is 1. The van der Waals surface area contributed by atoms with Crippen molar-refractivity contribution in [3.63, 3.8) is 0 Å². The third-order valence-corrected chi connectivity index (χ3v) is 5.83. The SMILES string of the molecule is COc1ccc(Nc2cc(C)nc(Nc3ccc(NS(=O)(=O)c4cn(C)cn4)cc3)n2)cc1. The van der Waals surface area contributed by atoms with Gasteiger partial charge in [-0.25, -0.2) is 9.97 Å². The molecule has 3 N–H and O–H groups in total. The van der Waals surface area contributed by atoms with Gasteiger partial charge in [0.1, 0.15) is 11.6 Å². The summed E-state index contributed by atoms with van der Waals surface area (Å²) in [7, 11) is -0.426. The van der Waals surface area contributed by atoms with E-state index in [9.17, 15) is 8.42 Å². The molecule has 33 heavy (non-hydrogen) atoms. The van der Waals surface area contributed by atoms with E-state index < -0.39 is 10.0 Å². The zero-order valence-corrected chi connectivity index (χ0v) is 19.1. The molecule has 0 saturated heterocycles. The molecule has 0 fully saturated rings. The van der Waals surface area contributed by atoms with Gasteiger partial charge in [0.25, 0.3) is 10.0 Å². The fourth-order valence-electron chi connectivity index (χ4n) is 3.00. The highest BCUT2D eigenvalue weighted by atomic mass is 32.2. The van der Waals surface area contributed by atoms with Gasteiger partial charge in [-0.1, -0.05) is 0 Å². The average Bonchev–Trinajstić information content (AvgIpc) is 3.22. The van der Waals surface area contributed by atoms with Gasteiger partial charge in [0.15, 0.2) is 5.03 Å². The Morgan fingerprint density at radius 1 is 0.909 bits per heavy atom. The standard InChI is InChI=1S/C22H23N7O3S/c1-15-12-20(25-16-8-10-19(32-3)11-9-16)27-22(24-15)26-17-4-6-18(7-5-17)28-33(30,31)21-13-29(2)14-23-21/h4-14,28H,1-3H3,(H2,24,25,26,27). The second kappa shape index (κ2) is 9.17. The highest BCUT2D eigenvalue weighted by Crippen LogP contribution is 2.23. The van der Waals surface area contributed by atoms with Crippen LogP contribution in [-0.2, 0) is 17.1 Å². The Bertz CT molecular complexity index is 1350. The van der Waals surface area contributed by atoms with Crippen LogP contribution < -0.4 is 20.1 Å². The lowest BCUT2D eigenvalue weighted by Gasteiger charge is -2.11. The summed E-state index contributed by atoms with van der Waals surface area (Å²) >= 11 is 0. The molecular weight excluding hydrogens is 442 g/mol. The molecule has 0 bridgehead atoms. The Kier molecular flexibility index (Phi) is 6.13. The third-order valence-electron chi connectivity index (χ3n) is 4.57.